The Kier molecular flexibility index (Phi) is 5.09. The van der Waals surface area contributed by atoms with Gasteiger partial charge in [-0.1, -0.05) is 36.7 Å². The third-order valence-corrected chi connectivity index (χ3v) is 5.09. The number of hydrogen-bond acceptors (Lipinski definition) is 3. The molecule has 1 heterocycles. The van der Waals surface area contributed by atoms with Crippen molar-refractivity contribution in [2.24, 2.45) is 0 Å². The summed E-state index contributed by atoms with van der Waals surface area (Å²) in [6, 6.07) is 13.9. The Labute approximate surface area is 156 Å². The van der Waals surface area contributed by atoms with Crippen LogP contribution in [0.4, 0.5) is 5.69 Å². The summed E-state index contributed by atoms with van der Waals surface area (Å²) >= 11 is 5.91. The van der Waals surface area contributed by atoms with Gasteiger partial charge in [0.25, 0.3) is 5.91 Å². The molecule has 2 aromatic rings. The molecule has 0 spiro atoms. The van der Waals surface area contributed by atoms with Crippen molar-refractivity contribution >= 4 is 35.0 Å². The largest absolute Gasteiger partial charge is 0.322 e. The number of piperidine rings is 1. The Balaban J connectivity index is 1.79. The number of carbonyl (C=O) groups is 3. The number of amides is 3. The Hall–Kier alpha value is -2.66. The van der Waals surface area contributed by atoms with Gasteiger partial charge in [-0.25, -0.2) is 0 Å². The number of imide groups is 1. The topological polar surface area (TPSA) is 75.3 Å². The van der Waals surface area contributed by atoms with E-state index in [1.807, 2.05) is 19.1 Å². The second-order valence-corrected chi connectivity index (χ2v) is 6.79. The second-order valence-electron chi connectivity index (χ2n) is 6.35. The van der Waals surface area contributed by atoms with Crippen molar-refractivity contribution in [1.82, 2.24) is 5.32 Å². The van der Waals surface area contributed by atoms with Crippen molar-refractivity contribution < 1.29 is 14.4 Å². The van der Waals surface area contributed by atoms with E-state index in [1.165, 1.54) is 0 Å². The Bertz CT molecular complexity index is 864. The van der Waals surface area contributed by atoms with Gasteiger partial charge in [-0.05, 0) is 48.7 Å². The fraction of sp³-hybridized carbons (Fsp3) is 0.250. The highest BCUT2D eigenvalue weighted by Crippen LogP contribution is 2.36. The zero-order valence-corrected chi connectivity index (χ0v) is 15.1. The van der Waals surface area contributed by atoms with Gasteiger partial charge in [0.15, 0.2) is 0 Å². The van der Waals surface area contributed by atoms with Gasteiger partial charge in [0.05, 0.1) is 5.41 Å². The van der Waals surface area contributed by atoms with Gasteiger partial charge in [0.2, 0.25) is 11.8 Å². The summed E-state index contributed by atoms with van der Waals surface area (Å²) in [5.74, 6) is -0.747. The van der Waals surface area contributed by atoms with Crippen molar-refractivity contribution in [3.63, 3.8) is 0 Å². The summed E-state index contributed by atoms with van der Waals surface area (Å²) in [6.45, 7) is 1.93. The zero-order chi connectivity index (χ0) is 18.7. The van der Waals surface area contributed by atoms with E-state index in [1.54, 1.807) is 36.4 Å². The maximum atomic E-state index is 12.4. The monoisotopic (exact) mass is 370 g/mol. The first-order valence-corrected chi connectivity index (χ1v) is 8.84. The molecule has 26 heavy (non-hydrogen) atoms. The third-order valence-electron chi connectivity index (χ3n) is 4.85. The molecule has 1 aliphatic heterocycles. The molecular weight excluding hydrogens is 352 g/mol. The van der Waals surface area contributed by atoms with E-state index in [0.29, 0.717) is 35.5 Å². The Morgan fingerprint density at radius 3 is 2.54 bits per heavy atom. The van der Waals surface area contributed by atoms with E-state index in [-0.39, 0.29) is 17.7 Å². The average molecular weight is 371 g/mol. The standard InChI is InChI=1S/C20H19ClN2O3/c1-2-20(11-10-17(24)23-19(20)26)14-6-8-16(9-7-14)22-18(25)13-4-3-5-15(21)12-13/h3-9,12H,2,10-11H2,1H3,(H,22,25)(H,23,24,26). The fourth-order valence-corrected chi connectivity index (χ4v) is 3.46. The molecule has 2 aromatic carbocycles. The van der Waals surface area contributed by atoms with E-state index >= 15 is 0 Å². The highest BCUT2D eigenvalue weighted by molar-refractivity contribution is 6.31. The average Bonchev–Trinajstić information content (AvgIpc) is 2.63. The van der Waals surface area contributed by atoms with Crippen LogP contribution >= 0.6 is 11.6 Å². The summed E-state index contributed by atoms with van der Waals surface area (Å²) in [4.78, 5) is 36.2. The Morgan fingerprint density at radius 1 is 1.19 bits per heavy atom. The lowest BCUT2D eigenvalue weighted by molar-refractivity contribution is -0.138. The number of anilines is 1. The molecule has 5 nitrogen and oxygen atoms in total. The third kappa shape index (κ3) is 3.48. The highest BCUT2D eigenvalue weighted by Gasteiger charge is 2.42. The first-order valence-electron chi connectivity index (χ1n) is 8.46. The Morgan fingerprint density at radius 2 is 1.92 bits per heavy atom. The minimum atomic E-state index is -0.705. The summed E-state index contributed by atoms with van der Waals surface area (Å²) in [6.07, 6.45) is 1.41. The molecule has 1 fully saturated rings. The molecular formula is C20H19ClN2O3. The molecule has 1 atom stereocenters. The van der Waals surface area contributed by atoms with Crippen molar-refractivity contribution in [2.45, 2.75) is 31.6 Å². The zero-order valence-electron chi connectivity index (χ0n) is 14.3. The lowest BCUT2D eigenvalue weighted by atomic mass is 9.72. The minimum absolute atomic E-state index is 0.232. The normalized spacial score (nSPS) is 19.8. The number of rotatable bonds is 4. The maximum absolute atomic E-state index is 12.4. The van der Waals surface area contributed by atoms with Crippen LogP contribution in [-0.2, 0) is 15.0 Å². The van der Waals surface area contributed by atoms with Gasteiger partial charge in [-0.3, -0.25) is 19.7 Å². The number of nitrogens with one attached hydrogen (secondary N) is 2. The van der Waals surface area contributed by atoms with Crippen LogP contribution in [0.25, 0.3) is 0 Å². The van der Waals surface area contributed by atoms with Crippen LogP contribution in [0.3, 0.4) is 0 Å². The van der Waals surface area contributed by atoms with Gasteiger partial charge in [0.1, 0.15) is 0 Å². The number of benzene rings is 2. The summed E-state index contributed by atoms with van der Waals surface area (Å²) in [7, 11) is 0. The first kappa shape index (κ1) is 18.1. The van der Waals surface area contributed by atoms with E-state index in [2.05, 4.69) is 10.6 Å². The molecule has 1 unspecified atom stereocenters. The molecule has 3 rings (SSSR count). The lowest BCUT2D eigenvalue weighted by Crippen LogP contribution is -2.51. The first-order chi connectivity index (χ1) is 12.4. The van der Waals surface area contributed by atoms with E-state index < -0.39 is 5.41 Å². The molecule has 1 aliphatic rings. The molecule has 0 aliphatic carbocycles. The predicted molar refractivity (Wildman–Crippen MR) is 100 cm³/mol. The quantitative estimate of drug-likeness (QED) is 0.806. The van der Waals surface area contributed by atoms with Crippen molar-refractivity contribution in [3.05, 3.63) is 64.7 Å². The minimum Gasteiger partial charge on any atom is -0.322 e. The molecule has 0 aromatic heterocycles. The molecule has 0 saturated carbocycles. The van der Waals surface area contributed by atoms with Crippen LogP contribution in [0.5, 0.6) is 0 Å². The second kappa shape index (κ2) is 7.30. The van der Waals surface area contributed by atoms with Crippen molar-refractivity contribution in [1.29, 1.82) is 0 Å². The SMILES string of the molecule is CCC1(c2ccc(NC(=O)c3cccc(Cl)c3)cc2)CCC(=O)NC1=O. The molecule has 1 saturated heterocycles. The van der Waals surface area contributed by atoms with Crippen LogP contribution in [0, 0.1) is 0 Å². The summed E-state index contributed by atoms with van der Waals surface area (Å²) in [5.41, 5.74) is 1.23. The smallest absolute Gasteiger partial charge is 0.255 e. The van der Waals surface area contributed by atoms with Crippen LogP contribution < -0.4 is 10.6 Å². The highest BCUT2D eigenvalue weighted by atomic mass is 35.5. The summed E-state index contributed by atoms with van der Waals surface area (Å²) < 4.78 is 0. The molecule has 3 amide bonds. The molecule has 134 valence electrons. The van der Waals surface area contributed by atoms with Gasteiger partial charge >= 0.3 is 0 Å². The van der Waals surface area contributed by atoms with Crippen LogP contribution in [0.1, 0.15) is 42.1 Å². The van der Waals surface area contributed by atoms with Gasteiger partial charge in [-0.15, -0.1) is 0 Å². The predicted octanol–water partition coefficient (Wildman–Crippen LogP) is 3.68. The van der Waals surface area contributed by atoms with E-state index in [9.17, 15) is 14.4 Å². The molecule has 0 bridgehead atoms. The van der Waals surface area contributed by atoms with Gasteiger partial charge in [0, 0.05) is 22.7 Å². The van der Waals surface area contributed by atoms with Crippen LogP contribution in [0.2, 0.25) is 5.02 Å². The van der Waals surface area contributed by atoms with Crippen molar-refractivity contribution in [3.8, 4) is 0 Å². The van der Waals surface area contributed by atoms with Gasteiger partial charge in [-0.2, -0.15) is 0 Å². The van der Waals surface area contributed by atoms with Crippen LogP contribution in [0.15, 0.2) is 48.5 Å². The van der Waals surface area contributed by atoms with Gasteiger partial charge < -0.3 is 5.32 Å². The van der Waals surface area contributed by atoms with Crippen LogP contribution in [-0.4, -0.2) is 17.7 Å². The summed E-state index contributed by atoms with van der Waals surface area (Å²) in [5, 5.41) is 5.74. The number of hydrogen-bond donors (Lipinski definition) is 2. The number of halogens is 1. The van der Waals surface area contributed by atoms with E-state index in [4.69, 9.17) is 11.6 Å². The van der Waals surface area contributed by atoms with Crippen molar-refractivity contribution in [2.75, 3.05) is 5.32 Å². The molecule has 0 radical (unpaired) electrons. The maximum Gasteiger partial charge on any atom is 0.255 e. The molecule has 2 N–H and O–H groups in total. The number of carbonyl (C=O) groups excluding carboxylic acids is 3. The molecule has 6 heteroatoms. The fourth-order valence-electron chi connectivity index (χ4n) is 3.27. The van der Waals surface area contributed by atoms with E-state index in [0.717, 1.165) is 5.56 Å². The lowest BCUT2D eigenvalue weighted by Gasteiger charge is -2.35.